The molecule has 0 atom stereocenters. The molecule has 2 rings (SSSR count). The van der Waals surface area contributed by atoms with Gasteiger partial charge in [-0.3, -0.25) is 4.79 Å². The summed E-state index contributed by atoms with van der Waals surface area (Å²) in [4.78, 5) is 12.1. The second-order valence-electron chi connectivity index (χ2n) is 4.94. The van der Waals surface area contributed by atoms with Gasteiger partial charge in [0.1, 0.15) is 17.4 Å². The smallest absolute Gasteiger partial charge is 0.416 e. The van der Waals surface area contributed by atoms with Crippen LogP contribution in [0.5, 0.6) is 5.75 Å². The first-order chi connectivity index (χ1) is 11.8. The van der Waals surface area contributed by atoms with Gasteiger partial charge >= 0.3 is 6.18 Å². The van der Waals surface area contributed by atoms with E-state index in [9.17, 15) is 18.0 Å². The first-order valence-corrected chi connectivity index (χ1v) is 7.08. The Balaban J connectivity index is 2.28. The summed E-state index contributed by atoms with van der Waals surface area (Å²) in [5.41, 5.74) is -1.22. The molecule has 2 aromatic carbocycles. The molecule has 0 aliphatic heterocycles. The number of nitriles is 1. The lowest BCUT2D eigenvalue weighted by Crippen LogP contribution is -2.14. The summed E-state index contributed by atoms with van der Waals surface area (Å²) in [6.45, 7) is 0. The Kier molecular flexibility index (Phi) is 5.45. The van der Waals surface area contributed by atoms with Crippen molar-refractivity contribution in [3.8, 4) is 11.8 Å². The normalized spacial score (nSPS) is 11.6. The first-order valence-electron chi connectivity index (χ1n) is 7.08. The van der Waals surface area contributed by atoms with Gasteiger partial charge in [0.15, 0.2) is 0 Å². The van der Waals surface area contributed by atoms with Crippen LogP contribution in [0, 0.1) is 11.3 Å². The molecule has 2 aromatic rings. The average molecular weight is 346 g/mol. The zero-order valence-electron chi connectivity index (χ0n) is 13.1. The zero-order chi connectivity index (χ0) is 18.4. The molecule has 4 nitrogen and oxygen atoms in total. The van der Waals surface area contributed by atoms with Crippen LogP contribution in [-0.2, 0) is 11.0 Å². The minimum absolute atomic E-state index is 0.253. The number of rotatable bonds is 4. The minimum Gasteiger partial charge on any atom is -0.497 e. The number of hydrogen-bond acceptors (Lipinski definition) is 3. The molecule has 7 heteroatoms. The molecule has 0 fully saturated rings. The van der Waals surface area contributed by atoms with Crippen LogP contribution in [0.4, 0.5) is 18.9 Å². The van der Waals surface area contributed by atoms with Gasteiger partial charge in [0.25, 0.3) is 5.91 Å². The van der Waals surface area contributed by atoms with E-state index in [1.165, 1.54) is 25.3 Å². The fourth-order valence-electron chi connectivity index (χ4n) is 2.06. The number of hydrogen-bond donors (Lipinski definition) is 1. The molecule has 0 spiro atoms. The number of amides is 1. The molecule has 0 aromatic heterocycles. The summed E-state index contributed by atoms with van der Waals surface area (Å²) in [6, 6.07) is 12.7. The van der Waals surface area contributed by atoms with Crippen LogP contribution < -0.4 is 10.1 Å². The lowest BCUT2D eigenvalue weighted by atomic mass is 10.0. The Hall–Kier alpha value is -3.27. The Morgan fingerprint density at radius 3 is 2.36 bits per heavy atom. The van der Waals surface area contributed by atoms with Gasteiger partial charge in [-0.05, 0) is 42.0 Å². The Morgan fingerprint density at radius 1 is 1.16 bits per heavy atom. The minimum atomic E-state index is -4.58. The summed E-state index contributed by atoms with van der Waals surface area (Å²) < 4.78 is 44.0. The van der Waals surface area contributed by atoms with Crippen LogP contribution in [0.25, 0.3) is 6.08 Å². The topological polar surface area (TPSA) is 62.1 Å². The second-order valence-corrected chi connectivity index (χ2v) is 4.94. The third kappa shape index (κ3) is 4.61. The third-order valence-corrected chi connectivity index (χ3v) is 3.28. The van der Waals surface area contributed by atoms with Crippen LogP contribution >= 0.6 is 0 Å². The van der Waals surface area contributed by atoms with Crippen molar-refractivity contribution in [1.82, 2.24) is 0 Å². The molecule has 1 N–H and O–H groups in total. The highest BCUT2D eigenvalue weighted by Gasteiger charge is 2.32. The van der Waals surface area contributed by atoms with Gasteiger partial charge in [0.2, 0.25) is 0 Å². The van der Waals surface area contributed by atoms with Gasteiger partial charge < -0.3 is 10.1 Å². The van der Waals surface area contributed by atoms with Crippen LogP contribution in [0.15, 0.2) is 54.1 Å². The molecule has 1 amide bonds. The Labute approximate surface area is 142 Å². The number of nitrogens with one attached hydrogen (secondary N) is 1. The Morgan fingerprint density at radius 2 is 1.80 bits per heavy atom. The molecule has 25 heavy (non-hydrogen) atoms. The number of ether oxygens (including phenoxy) is 1. The maximum absolute atomic E-state index is 13.0. The molecular weight excluding hydrogens is 333 g/mol. The van der Waals surface area contributed by atoms with Crippen LogP contribution in [0.1, 0.15) is 11.1 Å². The maximum Gasteiger partial charge on any atom is 0.416 e. The molecular formula is C18H13F3N2O2. The van der Waals surface area contributed by atoms with E-state index in [1.807, 2.05) is 0 Å². The molecule has 0 radical (unpaired) electrons. The second kappa shape index (κ2) is 7.53. The van der Waals surface area contributed by atoms with E-state index >= 15 is 0 Å². The van der Waals surface area contributed by atoms with Crippen molar-refractivity contribution in [3.63, 3.8) is 0 Å². The summed E-state index contributed by atoms with van der Waals surface area (Å²) in [5, 5.41) is 11.6. The molecule has 128 valence electrons. The number of anilines is 1. The van der Waals surface area contributed by atoms with Crippen LogP contribution in [0.2, 0.25) is 0 Å². The predicted octanol–water partition coefficient (Wildman–Crippen LogP) is 4.26. The van der Waals surface area contributed by atoms with Gasteiger partial charge in [0, 0.05) is 5.69 Å². The van der Waals surface area contributed by atoms with E-state index < -0.39 is 23.2 Å². The number of alkyl halides is 3. The number of benzene rings is 2. The molecule has 0 unspecified atom stereocenters. The van der Waals surface area contributed by atoms with E-state index in [0.29, 0.717) is 11.4 Å². The first kappa shape index (κ1) is 18.1. The lowest BCUT2D eigenvalue weighted by molar-refractivity contribution is -0.137. The number of halogens is 3. The fourth-order valence-corrected chi connectivity index (χ4v) is 2.06. The fraction of sp³-hybridized carbons (Fsp3) is 0.111. The van der Waals surface area contributed by atoms with E-state index in [2.05, 4.69) is 5.32 Å². The molecule has 0 aliphatic carbocycles. The van der Waals surface area contributed by atoms with Crippen molar-refractivity contribution in [1.29, 1.82) is 5.26 Å². The molecule has 0 saturated carbocycles. The van der Waals surface area contributed by atoms with Crippen molar-refractivity contribution < 1.29 is 22.7 Å². The summed E-state index contributed by atoms with van der Waals surface area (Å²) in [5.74, 6) is -0.224. The molecule has 0 aliphatic rings. The predicted molar refractivity (Wildman–Crippen MR) is 86.7 cm³/mol. The largest absolute Gasteiger partial charge is 0.497 e. The SMILES string of the molecule is COc1ccc(NC(=O)/C(C#N)=C/c2ccccc2C(F)(F)F)cc1. The average Bonchev–Trinajstić information content (AvgIpc) is 2.59. The number of methoxy groups -OCH3 is 1. The number of carbonyl (C=O) groups excluding carboxylic acids is 1. The van der Waals surface area contributed by atoms with Crippen molar-refractivity contribution in [2.24, 2.45) is 0 Å². The van der Waals surface area contributed by atoms with Crippen LogP contribution in [0.3, 0.4) is 0 Å². The summed E-state index contributed by atoms with van der Waals surface area (Å²) >= 11 is 0. The van der Waals surface area contributed by atoms with E-state index in [4.69, 9.17) is 10.00 Å². The third-order valence-electron chi connectivity index (χ3n) is 3.28. The molecule has 0 heterocycles. The highest BCUT2D eigenvalue weighted by atomic mass is 19.4. The zero-order valence-corrected chi connectivity index (χ0v) is 13.1. The maximum atomic E-state index is 13.0. The highest BCUT2D eigenvalue weighted by Crippen LogP contribution is 2.32. The van der Waals surface area contributed by atoms with Gasteiger partial charge in [-0.1, -0.05) is 18.2 Å². The van der Waals surface area contributed by atoms with Gasteiger partial charge in [-0.25, -0.2) is 0 Å². The van der Waals surface area contributed by atoms with Gasteiger partial charge in [-0.15, -0.1) is 0 Å². The van der Waals surface area contributed by atoms with E-state index in [1.54, 1.807) is 30.3 Å². The highest BCUT2D eigenvalue weighted by molar-refractivity contribution is 6.09. The molecule has 0 saturated heterocycles. The van der Waals surface area contributed by atoms with Crippen LogP contribution in [-0.4, -0.2) is 13.0 Å². The van der Waals surface area contributed by atoms with Crippen molar-refractivity contribution in [2.75, 3.05) is 12.4 Å². The van der Waals surface area contributed by atoms with Gasteiger partial charge in [0.05, 0.1) is 12.7 Å². The number of nitrogens with zero attached hydrogens (tertiary/aromatic N) is 1. The standard InChI is InChI=1S/C18H13F3N2O2/c1-25-15-8-6-14(7-9-15)23-17(24)13(11-22)10-12-4-2-3-5-16(12)18(19,20)21/h2-10H,1H3,(H,23,24)/b13-10+. The molecule has 0 bridgehead atoms. The van der Waals surface area contributed by atoms with Gasteiger partial charge in [-0.2, -0.15) is 18.4 Å². The van der Waals surface area contributed by atoms with E-state index in [-0.39, 0.29) is 5.56 Å². The van der Waals surface area contributed by atoms with E-state index in [0.717, 1.165) is 12.1 Å². The summed E-state index contributed by atoms with van der Waals surface area (Å²) in [7, 11) is 1.49. The van der Waals surface area contributed by atoms with Crippen molar-refractivity contribution in [3.05, 3.63) is 65.2 Å². The van der Waals surface area contributed by atoms with Crippen molar-refractivity contribution >= 4 is 17.7 Å². The Bertz CT molecular complexity index is 835. The van der Waals surface area contributed by atoms with Crippen molar-refractivity contribution in [2.45, 2.75) is 6.18 Å². The summed E-state index contributed by atoms with van der Waals surface area (Å²) in [6.07, 6.45) is -3.66. The quantitative estimate of drug-likeness (QED) is 0.665. The monoisotopic (exact) mass is 346 g/mol. The lowest BCUT2D eigenvalue weighted by Gasteiger charge is -2.10. The number of carbonyl (C=O) groups is 1.